The number of hydrogen-bond donors (Lipinski definition) is 0. The predicted molar refractivity (Wildman–Crippen MR) is 59.6 cm³/mol. The van der Waals surface area contributed by atoms with E-state index in [-0.39, 0.29) is 5.92 Å². The first-order valence-electron chi connectivity index (χ1n) is 5.37. The largest absolute Gasteiger partial charge is 0.242 e. The Morgan fingerprint density at radius 2 is 2.29 bits per heavy atom. The lowest BCUT2D eigenvalue weighted by Crippen LogP contribution is -1.99. The Bertz CT molecular complexity index is 581. The third-order valence-electron chi connectivity index (χ3n) is 3.11. The fourth-order valence-electron chi connectivity index (χ4n) is 2.21. The Balaban J connectivity index is 2.10. The van der Waals surface area contributed by atoms with Gasteiger partial charge in [0.1, 0.15) is 5.15 Å². The van der Waals surface area contributed by atoms with Gasteiger partial charge in [0.25, 0.3) is 0 Å². The Morgan fingerprint density at radius 3 is 2.94 bits per heavy atom. The van der Waals surface area contributed by atoms with E-state index in [0.717, 1.165) is 11.3 Å². The SMILES string of the molecule is Cc1cn2nc(Cl)cc([C@H]3C[C@@H]3C(F)F)c2n1. The molecule has 3 rings (SSSR count). The third kappa shape index (κ3) is 1.78. The number of aryl methyl sites for hydroxylation is 1. The number of hydrogen-bond acceptors (Lipinski definition) is 2. The lowest BCUT2D eigenvalue weighted by molar-refractivity contribution is 0.120. The maximum atomic E-state index is 12.6. The molecule has 2 heterocycles. The molecule has 0 amide bonds. The van der Waals surface area contributed by atoms with Crippen molar-refractivity contribution < 1.29 is 8.78 Å². The number of nitrogens with zero attached hydrogens (tertiary/aromatic N) is 3. The molecule has 2 atom stereocenters. The van der Waals surface area contributed by atoms with E-state index >= 15 is 0 Å². The summed E-state index contributed by atoms with van der Waals surface area (Å²) in [5.41, 5.74) is 2.22. The Morgan fingerprint density at radius 1 is 1.53 bits per heavy atom. The number of imidazole rings is 1. The summed E-state index contributed by atoms with van der Waals surface area (Å²) < 4.78 is 26.7. The van der Waals surface area contributed by atoms with Crippen molar-refractivity contribution in [2.45, 2.75) is 25.7 Å². The third-order valence-corrected chi connectivity index (χ3v) is 3.29. The summed E-state index contributed by atoms with van der Waals surface area (Å²) in [6, 6.07) is 1.65. The molecular formula is C11H10ClF2N3. The molecule has 0 spiro atoms. The number of rotatable bonds is 2. The number of halogens is 3. The van der Waals surface area contributed by atoms with Crippen LogP contribution in [-0.4, -0.2) is 21.0 Å². The Hall–Kier alpha value is -1.23. The van der Waals surface area contributed by atoms with Crippen molar-refractivity contribution in [3.8, 4) is 0 Å². The highest BCUT2D eigenvalue weighted by Crippen LogP contribution is 2.52. The zero-order valence-corrected chi connectivity index (χ0v) is 9.83. The van der Waals surface area contributed by atoms with Crippen LogP contribution in [0.15, 0.2) is 12.3 Å². The van der Waals surface area contributed by atoms with Gasteiger partial charge < -0.3 is 0 Å². The van der Waals surface area contributed by atoms with E-state index < -0.39 is 12.3 Å². The van der Waals surface area contributed by atoms with Crippen molar-refractivity contribution in [2.75, 3.05) is 0 Å². The number of fused-ring (bicyclic) bond motifs is 1. The molecular weight excluding hydrogens is 248 g/mol. The second-order valence-corrected chi connectivity index (χ2v) is 4.80. The van der Waals surface area contributed by atoms with E-state index in [1.165, 1.54) is 0 Å². The van der Waals surface area contributed by atoms with Crippen LogP contribution in [0.2, 0.25) is 5.15 Å². The van der Waals surface area contributed by atoms with Crippen molar-refractivity contribution in [3.63, 3.8) is 0 Å². The van der Waals surface area contributed by atoms with Crippen molar-refractivity contribution in [2.24, 2.45) is 5.92 Å². The van der Waals surface area contributed by atoms with Crippen LogP contribution in [0.4, 0.5) is 8.78 Å². The molecule has 0 N–H and O–H groups in total. The molecule has 1 saturated carbocycles. The van der Waals surface area contributed by atoms with Crippen LogP contribution in [0.25, 0.3) is 5.65 Å². The second-order valence-electron chi connectivity index (χ2n) is 4.41. The summed E-state index contributed by atoms with van der Waals surface area (Å²) in [6.45, 7) is 1.84. The van der Waals surface area contributed by atoms with E-state index in [0.29, 0.717) is 17.2 Å². The first kappa shape index (κ1) is 10.9. The molecule has 0 saturated heterocycles. The minimum absolute atomic E-state index is 0.139. The van der Waals surface area contributed by atoms with Crippen LogP contribution in [0.3, 0.4) is 0 Å². The van der Waals surface area contributed by atoms with Gasteiger partial charge in [-0.15, -0.1) is 0 Å². The lowest BCUT2D eigenvalue weighted by atomic mass is 10.1. The van der Waals surface area contributed by atoms with Crippen molar-refractivity contribution in [1.29, 1.82) is 0 Å². The van der Waals surface area contributed by atoms with Gasteiger partial charge in [0, 0.05) is 11.5 Å². The molecule has 2 aromatic rings. The van der Waals surface area contributed by atoms with E-state index in [4.69, 9.17) is 11.6 Å². The summed E-state index contributed by atoms with van der Waals surface area (Å²) in [6.07, 6.45) is -0.0348. The van der Waals surface area contributed by atoms with E-state index in [9.17, 15) is 8.78 Å². The topological polar surface area (TPSA) is 30.2 Å². The van der Waals surface area contributed by atoms with Crippen molar-refractivity contribution >= 4 is 17.2 Å². The zero-order chi connectivity index (χ0) is 12.2. The predicted octanol–water partition coefficient (Wildman–Crippen LogP) is 3.06. The monoisotopic (exact) mass is 257 g/mol. The average Bonchev–Trinajstić information content (AvgIpc) is 2.94. The smallest absolute Gasteiger partial charge is 0.232 e. The number of aromatic nitrogens is 3. The minimum atomic E-state index is -2.27. The van der Waals surface area contributed by atoms with Crippen LogP contribution in [-0.2, 0) is 0 Å². The molecule has 6 heteroatoms. The minimum Gasteiger partial charge on any atom is -0.232 e. The highest BCUT2D eigenvalue weighted by atomic mass is 35.5. The van der Waals surface area contributed by atoms with Crippen LogP contribution in [0.1, 0.15) is 23.6 Å². The van der Waals surface area contributed by atoms with Gasteiger partial charge in [-0.05, 0) is 25.3 Å². The van der Waals surface area contributed by atoms with Crippen molar-refractivity contribution in [3.05, 3.63) is 28.7 Å². The van der Waals surface area contributed by atoms with Gasteiger partial charge in [0.2, 0.25) is 6.43 Å². The van der Waals surface area contributed by atoms with Gasteiger partial charge in [-0.25, -0.2) is 18.3 Å². The molecule has 0 aliphatic heterocycles. The summed E-state index contributed by atoms with van der Waals surface area (Å²) in [5, 5.41) is 4.38. The molecule has 2 aromatic heterocycles. The number of alkyl halides is 2. The molecule has 0 aromatic carbocycles. The standard InChI is InChI=1S/C11H10ClF2N3/c1-5-4-17-11(15-5)8(3-9(12)16-17)6-2-7(6)10(13)14/h3-4,6-7,10H,2H2,1H3/t6-,7-/m0/s1. The second kappa shape index (κ2) is 3.63. The maximum absolute atomic E-state index is 12.6. The maximum Gasteiger partial charge on any atom is 0.242 e. The van der Waals surface area contributed by atoms with Crippen LogP contribution in [0.5, 0.6) is 0 Å². The van der Waals surface area contributed by atoms with Crippen molar-refractivity contribution in [1.82, 2.24) is 14.6 Å². The summed E-state index contributed by atoms with van der Waals surface area (Å²) in [7, 11) is 0. The molecule has 17 heavy (non-hydrogen) atoms. The van der Waals surface area contributed by atoms with Gasteiger partial charge in [0.05, 0.1) is 11.9 Å². The van der Waals surface area contributed by atoms with Gasteiger partial charge >= 0.3 is 0 Å². The Labute approximate surface area is 101 Å². The molecule has 1 fully saturated rings. The normalized spacial score (nSPS) is 23.6. The first-order chi connectivity index (χ1) is 8.06. The van der Waals surface area contributed by atoms with Gasteiger partial charge in [0.15, 0.2) is 5.65 Å². The molecule has 1 aliphatic rings. The summed E-state index contributed by atoms with van der Waals surface area (Å²) in [5.74, 6) is -0.700. The molecule has 1 aliphatic carbocycles. The van der Waals surface area contributed by atoms with E-state index in [1.54, 1.807) is 16.8 Å². The van der Waals surface area contributed by atoms with Gasteiger partial charge in [-0.1, -0.05) is 11.6 Å². The van der Waals surface area contributed by atoms with Gasteiger partial charge in [-0.2, -0.15) is 5.10 Å². The summed E-state index contributed by atoms with van der Waals surface area (Å²) in [4.78, 5) is 4.31. The zero-order valence-electron chi connectivity index (χ0n) is 9.07. The molecule has 90 valence electrons. The quantitative estimate of drug-likeness (QED) is 0.828. The fraction of sp³-hybridized carbons (Fsp3) is 0.455. The fourth-order valence-corrected chi connectivity index (χ4v) is 2.41. The van der Waals surface area contributed by atoms with E-state index in [1.807, 2.05) is 6.92 Å². The highest BCUT2D eigenvalue weighted by Gasteiger charge is 2.46. The van der Waals surface area contributed by atoms with Crippen LogP contribution in [0, 0.1) is 12.8 Å². The summed E-state index contributed by atoms with van der Waals surface area (Å²) >= 11 is 5.89. The van der Waals surface area contributed by atoms with Gasteiger partial charge in [-0.3, -0.25) is 0 Å². The lowest BCUT2D eigenvalue weighted by Gasteiger charge is -2.03. The highest BCUT2D eigenvalue weighted by molar-refractivity contribution is 6.29. The molecule has 0 radical (unpaired) electrons. The molecule has 0 unspecified atom stereocenters. The Kier molecular flexibility index (Phi) is 2.33. The molecule has 3 nitrogen and oxygen atoms in total. The van der Waals surface area contributed by atoms with E-state index in [2.05, 4.69) is 10.1 Å². The molecule has 0 bridgehead atoms. The van der Waals surface area contributed by atoms with Crippen LogP contribution < -0.4 is 0 Å². The average molecular weight is 258 g/mol. The first-order valence-corrected chi connectivity index (χ1v) is 5.74. The van der Waals surface area contributed by atoms with Crippen LogP contribution >= 0.6 is 11.6 Å².